The van der Waals surface area contributed by atoms with Gasteiger partial charge < -0.3 is 5.32 Å². The van der Waals surface area contributed by atoms with Crippen LogP contribution in [-0.2, 0) is 5.88 Å². The van der Waals surface area contributed by atoms with Crippen LogP contribution in [0.5, 0.6) is 0 Å². The maximum absolute atomic E-state index is 11.7. The second-order valence-corrected chi connectivity index (χ2v) is 4.39. The van der Waals surface area contributed by atoms with Crippen molar-refractivity contribution < 1.29 is 4.79 Å². The van der Waals surface area contributed by atoms with Crippen LogP contribution in [0.25, 0.3) is 0 Å². The Labute approximate surface area is 94.6 Å². The van der Waals surface area contributed by atoms with Gasteiger partial charge in [0.15, 0.2) is 0 Å². The number of benzene rings is 1. The van der Waals surface area contributed by atoms with Crippen LogP contribution in [0, 0.1) is 5.92 Å². The third kappa shape index (κ3) is 2.51. The van der Waals surface area contributed by atoms with Gasteiger partial charge in [-0.3, -0.25) is 4.79 Å². The third-order valence-electron chi connectivity index (χ3n) is 2.80. The molecule has 0 heterocycles. The van der Waals surface area contributed by atoms with Gasteiger partial charge in [0.2, 0.25) is 0 Å². The van der Waals surface area contributed by atoms with Crippen molar-refractivity contribution >= 4 is 17.5 Å². The number of hydrogen-bond acceptors (Lipinski definition) is 1. The Kier molecular flexibility index (Phi) is 2.96. The summed E-state index contributed by atoms with van der Waals surface area (Å²) >= 11 is 5.67. The highest BCUT2D eigenvalue weighted by molar-refractivity contribution is 6.17. The van der Waals surface area contributed by atoms with Crippen molar-refractivity contribution in [3.8, 4) is 0 Å². The molecule has 2 nitrogen and oxygen atoms in total. The monoisotopic (exact) mass is 223 g/mol. The van der Waals surface area contributed by atoms with Gasteiger partial charge in [0.05, 0.1) is 0 Å². The lowest BCUT2D eigenvalue weighted by molar-refractivity contribution is 0.0949. The number of amides is 1. The largest absolute Gasteiger partial charge is 0.349 e. The molecule has 0 bridgehead atoms. The van der Waals surface area contributed by atoms with Crippen LogP contribution in [0.3, 0.4) is 0 Å². The highest BCUT2D eigenvalue weighted by Gasteiger charge is 2.33. The minimum Gasteiger partial charge on any atom is -0.349 e. The predicted molar refractivity (Wildman–Crippen MR) is 61.0 cm³/mol. The summed E-state index contributed by atoms with van der Waals surface area (Å²) in [6, 6.07) is 7.79. The zero-order chi connectivity index (χ0) is 10.8. The number of carbonyl (C=O) groups is 1. The van der Waals surface area contributed by atoms with Crippen molar-refractivity contribution in [2.24, 2.45) is 5.92 Å². The molecule has 0 aromatic heterocycles. The molecule has 1 aromatic carbocycles. The van der Waals surface area contributed by atoms with E-state index in [1.807, 2.05) is 24.3 Å². The number of hydrogen-bond donors (Lipinski definition) is 1. The Morgan fingerprint density at radius 3 is 2.53 bits per heavy atom. The highest BCUT2D eigenvalue weighted by atomic mass is 35.5. The summed E-state index contributed by atoms with van der Waals surface area (Å²) in [5.41, 5.74) is 1.75. The van der Waals surface area contributed by atoms with Crippen molar-refractivity contribution in [3.05, 3.63) is 35.4 Å². The molecule has 2 unspecified atom stereocenters. The molecule has 1 N–H and O–H groups in total. The molecule has 15 heavy (non-hydrogen) atoms. The van der Waals surface area contributed by atoms with Crippen LogP contribution in [-0.4, -0.2) is 11.9 Å². The van der Waals surface area contributed by atoms with Crippen LogP contribution < -0.4 is 5.32 Å². The molecule has 1 saturated carbocycles. The maximum atomic E-state index is 11.7. The fourth-order valence-corrected chi connectivity index (χ4v) is 1.70. The Balaban J connectivity index is 1.99. The van der Waals surface area contributed by atoms with E-state index in [2.05, 4.69) is 12.2 Å². The quantitative estimate of drug-likeness (QED) is 0.785. The average molecular weight is 224 g/mol. The lowest BCUT2D eigenvalue weighted by Gasteiger charge is -2.04. The molecule has 0 spiro atoms. The maximum Gasteiger partial charge on any atom is 0.251 e. The fraction of sp³-hybridized carbons (Fsp3) is 0.417. The van der Waals surface area contributed by atoms with Crippen LogP contribution >= 0.6 is 11.6 Å². The SMILES string of the molecule is CC1CC1NC(=O)c1ccc(CCl)cc1. The Hall–Kier alpha value is -1.02. The fourth-order valence-electron chi connectivity index (χ4n) is 1.52. The third-order valence-corrected chi connectivity index (χ3v) is 3.10. The zero-order valence-electron chi connectivity index (χ0n) is 8.66. The standard InChI is InChI=1S/C12H14ClNO/c1-8-6-11(8)14-12(15)10-4-2-9(7-13)3-5-10/h2-5,8,11H,6-7H2,1H3,(H,14,15). The summed E-state index contributed by atoms with van der Waals surface area (Å²) in [7, 11) is 0. The molecule has 0 saturated heterocycles. The molecule has 80 valence electrons. The van der Waals surface area contributed by atoms with Crippen molar-refractivity contribution in [1.82, 2.24) is 5.32 Å². The van der Waals surface area contributed by atoms with Crippen molar-refractivity contribution in [3.63, 3.8) is 0 Å². The van der Waals surface area contributed by atoms with Crippen LogP contribution in [0.15, 0.2) is 24.3 Å². The average Bonchev–Trinajstić information content (AvgIpc) is 2.94. The van der Waals surface area contributed by atoms with E-state index in [0.29, 0.717) is 23.4 Å². The number of nitrogens with one attached hydrogen (secondary N) is 1. The second-order valence-electron chi connectivity index (χ2n) is 4.12. The molecule has 2 atom stereocenters. The van der Waals surface area contributed by atoms with Crippen LogP contribution in [0.2, 0.25) is 0 Å². The van der Waals surface area contributed by atoms with E-state index < -0.39 is 0 Å². The minimum atomic E-state index is 0.0190. The first-order valence-electron chi connectivity index (χ1n) is 5.16. The van der Waals surface area contributed by atoms with Gasteiger partial charge in [-0.1, -0.05) is 19.1 Å². The van der Waals surface area contributed by atoms with E-state index in [-0.39, 0.29) is 5.91 Å². The Morgan fingerprint density at radius 1 is 1.47 bits per heavy atom. The number of halogens is 1. The molecule has 1 aliphatic rings. The molecule has 1 aromatic rings. The molecule has 2 rings (SSSR count). The van der Waals surface area contributed by atoms with Crippen molar-refractivity contribution in [2.45, 2.75) is 25.3 Å². The number of carbonyl (C=O) groups excluding carboxylic acids is 1. The normalized spacial score (nSPS) is 23.6. The van der Waals surface area contributed by atoms with Gasteiger partial charge in [-0.05, 0) is 30.0 Å². The van der Waals surface area contributed by atoms with Gasteiger partial charge in [0.1, 0.15) is 0 Å². The molecule has 1 fully saturated rings. The summed E-state index contributed by atoms with van der Waals surface area (Å²) in [5, 5.41) is 2.99. The van der Waals surface area contributed by atoms with Gasteiger partial charge in [-0.25, -0.2) is 0 Å². The van der Waals surface area contributed by atoms with Crippen LogP contribution in [0.4, 0.5) is 0 Å². The zero-order valence-corrected chi connectivity index (χ0v) is 9.42. The lowest BCUT2D eigenvalue weighted by atomic mass is 10.1. The van der Waals surface area contributed by atoms with Gasteiger partial charge in [0, 0.05) is 17.5 Å². The van der Waals surface area contributed by atoms with E-state index in [1.54, 1.807) is 0 Å². The molecule has 3 heteroatoms. The van der Waals surface area contributed by atoms with Crippen molar-refractivity contribution in [1.29, 1.82) is 0 Å². The van der Waals surface area contributed by atoms with Crippen molar-refractivity contribution in [2.75, 3.05) is 0 Å². The van der Waals surface area contributed by atoms with Gasteiger partial charge in [-0.2, -0.15) is 0 Å². The molecule has 1 amide bonds. The van der Waals surface area contributed by atoms with E-state index in [1.165, 1.54) is 0 Å². The summed E-state index contributed by atoms with van der Waals surface area (Å²) in [5.74, 6) is 1.14. The first-order chi connectivity index (χ1) is 7.20. The Morgan fingerprint density at radius 2 is 2.07 bits per heavy atom. The molecular weight excluding hydrogens is 210 g/mol. The van der Waals surface area contributed by atoms with E-state index in [9.17, 15) is 4.79 Å². The Bertz CT molecular complexity index is 360. The first-order valence-corrected chi connectivity index (χ1v) is 5.70. The topological polar surface area (TPSA) is 29.1 Å². The lowest BCUT2D eigenvalue weighted by Crippen LogP contribution is -2.26. The van der Waals surface area contributed by atoms with E-state index in [0.717, 1.165) is 12.0 Å². The minimum absolute atomic E-state index is 0.0190. The second kappa shape index (κ2) is 4.23. The number of rotatable bonds is 3. The summed E-state index contributed by atoms with van der Waals surface area (Å²) in [4.78, 5) is 11.7. The predicted octanol–water partition coefficient (Wildman–Crippen LogP) is 2.56. The van der Waals surface area contributed by atoms with Crippen LogP contribution in [0.1, 0.15) is 29.3 Å². The molecular formula is C12H14ClNO. The molecule has 0 aliphatic heterocycles. The first kappa shape index (κ1) is 10.5. The molecule has 1 aliphatic carbocycles. The van der Waals surface area contributed by atoms with Gasteiger partial charge in [-0.15, -0.1) is 11.6 Å². The number of alkyl halides is 1. The van der Waals surface area contributed by atoms with Gasteiger partial charge in [0.25, 0.3) is 5.91 Å². The van der Waals surface area contributed by atoms with E-state index in [4.69, 9.17) is 11.6 Å². The smallest absolute Gasteiger partial charge is 0.251 e. The van der Waals surface area contributed by atoms with E-state index >= 15 is 0 Å². The summed E-state index contributed by atoms with van der Waals surface area (Å²) in [6.45, 7) is 2.14. The summed E-state index contributed by atoms with van der Waals surface area (Å²) < 4.78 is 0. The molecule has 0 radical (unpaired) electrons. The summed E-state index contributed by atoms with van der Waals surface area (Å²) in [6.07, 6.45) is 1.10. The van der Waals surface area contributed by atoms with Gasteiger partial charge >= 0.3 is 0 Å². The highest BCUT2D eigenvalue weighted by Crippen LogP contribution is 2.29.